The van der Waals surface area contributed by atoms with Crippen LogP contribution in [0.1, 0.15) is 36.0 Å². The zero-order valence-electron chi connectivity index (χ0n) is 12.4. The molecule has 3 nitrogen and oxygen atoms in total. The van der Waals surface area contributed by atoms with Gasteiger partial charge in [-0.3, -0.25) is 4.79 Å². The van der Waals surface area contributed by atoms with Crippen LogP contribution >= 0.6 is 28.3 Å². The molecule has 1 atom stereocenters. The van der Waals surface area contributed by atoms with Gasteiger partial charge in [0.15, 0.2) is 0 Å². The highest BCUT2D eigenvalue weighted by Crippen LogP contribution is 2.27. The lowest BCUT2D eigenvalue weighted by Crippen LogP contribution is -2.43. The number of nitrogens with one attached hydrogen (secondary N) is 1. The van der Waals surface area contributed by atoms with Gasteiger partial charge in [0.2, 0.25) is 0 Å². The largest absolute Gasteiger partial charge is 0.339 e. The second-order valence-corrected chi connectivity index (χ2v) is 6.87. The van der Waals surface area contributed by atoms with Gasteiger partial charge in [0, 0.05) is 23.6 Å². The average Bonchev–Trinajstić information content (AvgIpc) is 3.03. The Labute approximate surface area is 145 Å². The molecule has 3 rings (SSSR count). The zero-order chi connectivity index (χ0) is 14.8. The van der Waals surface area contributed by atoms with E-state index in [-0.39, 0.29) is 23.9 Å². The summed E-state index contributed by atoms with van der Waals surface area (Å²) in [4.78, 5) is 14.2. The van der Waals surface area contributed by atoms with E-state index in [4.69, 9.17) is 0 Å². The molecule has 122 valence electrons. The maximum Gasteiger partial charge on any atom is 0.256 e. The lowest BCUT2D eigenvalue weighted by Gasteiger charge is -2.35. The van der Waals surface area contributed by atoms with Crippen LogP contribution in [-0.2, 0) is 0 Å². The van der Waals surface area contributed by atoms with Crippen LogP contribution in [0.15, 0.2) is 22.7 Å². The number of likely N-dealkylation sites (tertiary alicyclic amines) is 1. The fraction of sp³-hybridized carbons (Fsp3) is 0.562. The second kappa shape index (κ2) is 7.75. The van der Waals surface area contributed by atoms with Gasteiger partial charge >= 0.3 is 0 Å². The average molecular weight is 392 g/mol. The summed E-state index contributed by atoms with van der Waals surface area (Å²) in [6.45, 7) is 2.58. The summed E-state index contributed by atoms with van der Waals surface area (Å²) in [5.41, 5.74) is 0.168. The predicted molar refractivity (Wildman–Crippen MR) is 91.0 cm³/mol. The number of amides is 1. The smallest absolute Gasteiger partial charge is 0.256 e. The third kappa shape index (κ3) is 3.81. The molecular formula is C16H21BrClFN2O. The molecule has 1 aromatic rings. The molecule has 6 heteroatoms. The van der Waals surface area contributed by atoms with E-state index in [1.54, 1.807) is 17.0 Å². The fourth-order valence-electron chi connectivity index (χ4n) is 3.45. The Morgan fingerprint density at radius 3 is 2.64 bits per heavy atom. The molecule has 2 saturated heterocycles. The predicted octanol–water partition coefficient (Wildman–Crippen LogP) is 3.61. The molecule has 0 aromatic heterocycles. The number of carbonyl (C=O) groups excluding carboxylic acids is 1. The number of rotatable bonds is 2. The molecule has 0 radical (unpaired) electrons. The van der Waals surface area contributed by atoms with Gasteiger partial charge in [-0.1, -0.05) is 15.9 Å². The Hall–Kier alpha value is -0.650. The van der Waals surface area contributed by atoms with E-state index in [1.165, 1.54) is 18.9 Å². The molecule has 2 heterocycles. The van der Waals surface area contributed by atoms with Crippen molar-refractivity contribution in [2.24, 2.45) is 5.92 Å². The zero-order valence-corrected chi connectivity index (χ0v) is 14.8. The molecule has 0 aliphatic carbocycles. The molecule has 1 aromatic carbocycles. The Morgan fingerprint density at radius 2 is 2.00 bits per heavy atom. The number of nitrogens with zero attached hydrogens (tertiary/aromatic N) is 1. The molecule has 0 bridgehead atoms. The van der Waals surface area contributed by atoms with Crippen molar-refractivity contribution in [3.8, 4) is 0 Å². The first-order valence-electron chi connectivity index (χ1n) is 7.63. The van der Waals surface area contributed by atoms with Crippen molar-refractivity contribution in [2.45, 2.75) is 31.7 Å². The number of benzene rings is 1. The summed E-state index contributed by atoms with van der Waals surface area (Å²) in [6, 6.07) is 5.14. The van der Waals surface area contributed by atoms with E-state index in [0.29, 0.717) is 12.0 Å². The van der Waals surface area contributed by atoms with Crippen LogP contribution < -0.4 is 5.32 Å². The van der Waals surface area contributed by atoms with Crippen molar-refractivity contribution in [3.63, 3.8) is 0 Å². The van der Waals surface area contributed by atoms with Crippen LogP contribution in [-0.4, -0.2) is 36.5 Å². The van der Waals surface area contributed by atoms with Gasteiger partial charge in [-0.05, 0) is 56.3 Å². The monoisotopic (exact) mass is 390 g/mol. The third-order valence-corrected chi connectivity index (χ3v) is 5.15. The summed E-state index contributed by atoms with van der Waals surface area (Å²) < 4.78 is 14.6. The van der Waals surface area contributed by atoms with E-state index < -0.39 is 5.82 Å². The molecular weight excluding hydrogens is 371 g/mol. The Kier molecular flexibility index (Phi) is 6.24. The van der Waals surface area contributed by atoms with Crippen LogP contribution in [0.2, 0.25) is 0 Å². The summed E-state index contributed by atoms with van der Waals surface area (Å²) >= 11 is 3.30. The molecule has 0 spiro atoms. The maximum atomic E-state index is 13.8. The van der Waals surface area contributed by atoms with Crippen molar-refractivity contribution in [1.82, 2.24) is 10.2 Å². The number of hydrogen-bond acceptors (Lipinski definition) is 2. The first-order valence-corrected chi connectivity index (χ1v) is 8.42. The van der Waals surface area contributed by atoms with E-state index in [1.807, 2.05) is 0 Å². The number of halogens is 3. The van der Waals surface area contributed by atoms with Gasteiger partial charge in [-0.15, -0.1) is 12.4 Å². The normalized spacial score (nSPS) is 22.5. The van der Waals surface area contributed by atoms with Crippen LogP contribution in [0, 0.1) is 11.7 Å². The van der Waals surface area contributed by atoms with E-state index in [2.05, 4.69) is 21.2 Å². The number of carbonyl (C=O) groups is 1. The van der Waals surface area contributed by atoms with Gasteiger partial charge in [-0.25, -0.2) is 4.39 Å². The Bertz CT molecular complexity index is 529. The van der Waals surface area contributed by atoms with Gasteiger partial charge in [0.25, 0.3) is 5.91 Å². The van der Waals surface area contributed by atoms with Crippen molar-refractivity contribution in [3.05, 3.63) is 34.1 Å². The van der Waals surface area contributed by atoms with Crippen molar-refractivity contribution in [2.75, 3.05) is 19.6 Å². The minimum absolute atomic E-state index is 0. The molecule has 1 amide bonds. The van der Waals surface area contributed by atoms with Gasteiger partial charge in [0.05, 0.1) is 5.56 Å². The Balaban J connectivity index is 0.00000176. The summed E-state index contributed by atoms with van der Waals surface area (Å²) in [5.74, 6) is 0.0262. The highest BCUT2D eigenvalue weighted by atomic mass is 79.9. The van der Waals surface area contributed by atoms with E-state index >= 15 is 0 Å². The first kappa shape index (κ1) is 17.7. The molecule has 0 saturated carbocycles. The molecule has 2 fully saturated rings. The van der Waals surface area contributed by atoms with Gasteiger partial charge in [-0.2, -0.15) is 0 Å². The second-order valence-electron chi connectivity index (χ2n) is 5.96. The molecule has 22 heavy (non-hydrogen) atoms. The van der Waals surface area contributed by atoms with E-state index in [9.17, 15) is 9.18 Å². The first-order chi connectivity index (χ1) is 10.1. The summed E-state index contributed by atoms with van der Waals surface area (Å²) in [6.07, 6.45) is 4.53. The Morgan fingerprint density at radius 1 is 1.27 bits per heavy atom. The summed E-state index contributed by atoms with van der Waals surface area (Å²) in [7, 11) is 0. The lowest BCUT2D eigenvalue weighted by molar-refractivity contribution is 0.0669. The third-order valence-electron chi connectivity index (χ3n) is 4.65. The van der Waals surface area contributed by atoms with Crippen molar-refractivity contribution in [1.29, 1.82) is 0 Å². The SMILES string of the molecule is Cl.O=C(c1cc(Br)ccc1F)N1CCC(C2CCCN2)CC1. The summed E-state index contributed by atoms with van der Waals surface area (Å²) in [5, 5.41) is 3.55. The van der Waals surface area contributed by atoms with Gasteiger partial charge in [0.1, 0.15) is 5.82 Å². The molecule has 1 unspecified atom stereocenters. The topological polar surface area (TPSA) is 32.3 Å². The quantitative estimate of drug-likeness (QED) is 0.835. The molecule has 1 N–H and O–H groups in total. The van der Waals surface area contributed by atoms with Crippen LogP contribution in [0.4, 0.5) is 4.39 Å². The minimum atomic E-state index is -0.442. The van der Waals surface area contributed by atoms with Crippen LogP contribution in [0.5, 0.6) is 0 Å². The maximum absolute atomic E-state index is 13.8. The van der Waals surface area contributed by atoms with Crippen molar-refractivity contribution >= 4 is 34.2 Å². The van der Waals surface area contributed by atoms with E-state index in [0.717, 1.165) is 36.9 Å². The highest BCUT2D eigenvalue weighted by molar-refractivity contribution is 9.10. The molecule has 2 aliphatic rings. The number of hydrogen-bond donors (Lipinski definition) is 1. The minimum Gasteiger partial charge on any atom is -0.339 e. The van der Waals surface area contributed by atoms with Crippen molar-refractivity contribution < 1.29 is 9.18 Å². The van der Waals surface area contributed by atoms with Crippen LogP contribution in [0.3, 0.4) is 0 Å². The lowest BCUT2D eigenvalue weighted by atomic mass is 9.88. The van der Waals surface area contributed by atoms with Crippen LogP contribution in [0.25, 0.3) is 0 Å². The highest BCUT2D eigenvalue weighted by Gasteiger charge is 2.30. The number of piperidine rings is 1. The standard InChI is InChI=1S/C16H20BrFN2O.ClH/c17-12-3-4-14(18)13(10-12)16(21)20-8-5-11(6-9-20)15-2-1-7-19-15;/h3-4,10-11,15,19H,1-2,5-9H2;1H. The molecule has 2 aliphatic heterocycles. The van der Waals surface area contributed by atoms with Gasteiger partial charge < -0.3 is 10.2 Å². The fourth-order valence-corrected chi connectivity index (χ4v) is 3.81.